The van der Waals surface area contributed by atoms with Gasteiger partial charge in [0.2, 0.25) is 0 Å². The van der Waals surface area contributed by atoms with Gasteiger partial charge >= 0.3 is 0 Å². The Bertz CT molecular complexity index is 918. The van der Waals surface area contributed by atoms with Crippen LogP contribution in [-0.2, 0) is 4.74 Å². The van der Waals surface area contributed by atoms with Gasteiger partial charge < -0.3 is 20.1 Å². The zero-order chi connectivity index (χ0) is 17.6. The molecule has 1 aliphatic heterocycles. The Kier molecular flexibility index (Phi) is 3.92. The highest BCUT2D eigenvalue weighted by Crippen LogP contribution is 2.33. The van der Waals surface area contributed by atoms with E-state index in [0.717, 1.165) is 0 Å². The molecule has 4 atom stereocenters. The lowest BCUT2D eigenvalue weighted by Crippen LogP contribution is -2.33. The molecule has 0 spiro atoms. The van der Waals surface area contributed by atoms with Gasteiger partial charge in [-0.05, 0) is 12.1 Å². The molecule has 1 unspecified atom stereocenters. The van der Waals surface area contributed by atoms with Gasteiger partial charge in [0.25, 0.3) is 0 Å². The molecule has 1 aromatic carbocycles. The van der Waals surface area contributed by atoms with Crippen LogP contribution >= 0.6 is 0 Å². The van der Waals surface area contributed by atoms with Gasteiger partial charge in [-0.25, -0.2) is 19.3 Å². The van der Waals surface area contributed by atoms with Crippen LogP contribution in [0.4, 0.5) is 4.39 Å². The number of imidazole rings is 1. The molecule has 0 radical (unpaired) electrons. The molecule has 0 amide bonds. The number of fused-ring (bicyclic) bond motifs is 1. The Balaban J connectivity index is 1.80. The Morgan fingerprint density at radius 3 is 2.72 bits per heavy atom. The molecule has 4 rings (SSSR count). The first-order chi connectivity index (χ1) is 12.1. The monoisotopic (exact) mass is 346 g/mol. The van der Waals surface area contributed by atoms with Crippen LogP contribution in [0.25, 0.3) is 22.4 Å². The van der Waals surface area contributed by atoms with Gasteiger partial charge in [0, 0.05) is 5.56 Å². The number of rotatable bonds is 3. The highest BCUT2D eigenvalue weighted by Gasteiger charge is 2.44. The fraction of sp³-hybridized carbons (Fsp3) is 0.312. The van der Waals surface area contributed by atoms with E-state index in [1.165, 1.54) is 29.4 Å². The van der Waals surface area contributed by atoms with Gasteiger partial charge in [-0.2, -0.15) is 0 Å². The molecule has 0 bridgehead atoms. The van der Waals surface area contributed by atoms with E-state index in [1.807, 2.05) is 0 Å². The summed E-state index contributed by atoms with van der Waals surface area (Å²) in [6.45, 7) is -0.426. The molecule has 0 aliphatic carbocycles. The van der Waals surface area contributed by atoms with Crippen molar-refractivity contribution in [3.8, 4) is 11.3 Å². The molecule has 8 nitrogen and oxygen atoms in total. The summed E-state index contributed by atoms with van der Waals surface area (Å²) >= 11 is 0. The molecule has 2 aromatic heterocycles. The Hall–Kier alpha value is -2.46. The normalized spacial score (nSPS) is 26.4. The largest absolute Gasteiger partial charge is 0.394 e. The van der Waals surface area contributed by atoms with E-state index in [-0.39, 0.29) is 0 Å². The second-order valence-electron chi connectivity index (χ2n) is 5.79. The van der Waals surface area contributed by atoms with E-state index < -0.39 is 37.0 Å². The predicted molar refractivity (Wildman–Crippen MR) is 83.7 cm³/mol. The summed E-state index contributed by atoms with van der Waals surface area (Å²) < 4.78 is 20.5. The number of hydrogen-bond donors (Lipinski definition) is 3. The van der Waals surface area contributed by atoms with Crippen molar-refractivity contribution < 1.29 is 24.4 Å². The smallest absolute Gasteiger partial charge is 0.166 e. The van der Waals surface area contributed by atoms with Crippen molar-refractivity contribution in [3.05, 3.63) is 42.7 Å². The quantitative estimate of drug-likeness (QED) is 0.623. The summed E-state index contributed by atoms with van der Waals surface area (Å²) in [5, 5.41) is 29.3. The molecule has 130 valence electrons. The van der Waals surface area contributed by atoms with E-state index >= 15 is 0 Å². The lowest BCUT2D eigenvalue weighted by Gasteiger charge is -2.16. The summed E-state index contributed by atoms with van der Waals surface area (Å²) in [6.07, 6.45) is -1.61. The van der Waals surface area contributed by atoms with Crippen LogP contribution in [0.15, 0.2) is 36.9 Å². The van der Waals surface area contributed by atoms with Crippen molar-refractivity contribution in [2.24, 2.45) is 0 Å². The summed E-state index contributed by atoms with van der Waals surface area (Å²) in [6, 6.07) is 5.95. The number of aromatic nitrogens is 4. The number of aliphatic hydroxyl groups excluding tert-OH is 3. The standard InChI is InChI=1S/C16H15FN4O4/c17-9-3-1-2-8(4-9)11-12-15(19-6-18-11)21(7-20-12)16-14(24)13(23)10(5-22)25-16/h1-4,6-7,10,13-14,16,22-24H,5H2/t10-,13-,14-,16?/m1/s1. The summed E-state index contributed by atoms with van der Waals surface area (Å²) in [5.41, 5.74) is 1.75. The second kappa shape index (κ2) is 6.12. The van der Waals surface area contributed by atoms with Gasteiger partial charge in [-0.1, -0.05) is 12.1 Å². The number of ether oxygens (including phenoxy) is 1. The van der Waals surface area contributed by atoms with Gasteiger partial charge in [-0.15, -0.1) is 0 Å². The van der Waals surface area contributed by atoms with E-state index in [1.54, 1.807) is 12.1 Å². The van der Waals surface area contributed by atoms with Crippen LogP contribution in [0.5, 0.6) is 0 Å². The molecular formula is C16H15FN4O4. The SMILES string of the molecule is OC[C@H]1OC(n2cnc3c(-c4cccc(F)c4)ncnc32)[C@H](O)[C@@H]1O. The highest BCUT2D eigenvalue weighted by atomic mass is 19.1. The maximum Gasteiger partial charge on any atom is 0.166 e. The van der Waals surface area contributed by atoms with Gasteiger partial charge in [0.15, 0.2) is 11.9 Å². The van der Waals surface area contributed by atoms with Crippen molar-refractivity contribution in [3.63, 3.8) is 0 Å². The average molecular weight is 346 g/mol. The van der Waals surface area contributed by atoms with E-state index in [0.29, 0.717) is 22.4 Å². The van der Waals surface area contributed by atoms with Crippen molar-refractivity contribution in [2.45, 2.75) is 24.5 Å². The number of halogens is 1. The number of aliphatic hydroxyl groups is 3. The predicted octanol–water partition coefficient (Wildman–Crippen LogP) is 0.244. The molecule has 1 aliphatic rings. The molecule has 25 heavy (non-hydrogen) atoms. The van der Waals surface area contributed by atoms with Gasteiger partial charge in [-0.3, -0.25) is 4.57 Å². The maximum absolute atomic E-state index is 13.5. The fourth-order valence-corrected chi connectivity index (χ4v) is 3.00. The fourth-order valence-electron chi connectivity index (χ4n) is 3.00. The molecule has 9 heteroatoms. The van der Waals surface area contributed by atoms with Crippen molar-refractivity contribution >= 4 is 11.2 Å². The minimum Gasteiger partial charge on any atom is -0.394 e. The zero-order valence-corrected chi connectivity index (χ0v) is 12.9. The summed E-state index contributed by atoms with van der Waals surface area (Å²) in [7, 11) is 0. The van der Waals surface area contributed by atoms with Crippen molar-refractivity contribution in [1.82, 2.24) is 19.5 Å². The van der Waals surface area contributed by atoms with Crippen LogP contribution in [0, 0.1) is 5.82 Å². The van der Waals surface area contributed by atoms with Gasteiger partial charge in [0.1, 0.15) is 41.7 Å². The third-order valence-corrected chi connectivity index (χ3v) is 4.25. The number of benzene rings is 1. The van der Waals surface area contributed by atoms with Crippen LogP contribution in [0.2, 0.25) is 0 Å². The minimum atomic E-state index is -1.25. The van der Waals surface area contributed by atoms with Crippen LogP contribution in [-0.4, -0.2) is 59.8 Å². The minimum absolute atomic E-state index is 0.365. The van der Waals surface area contributed by atoms with Gasteiger partial charge in [0.05, 0.1) is 12.9 Å². The maximum atomic E-state index is 13.5. The van der Waals surface area contributed by atoms with Crippen LogP contribution in [0.3, 0.4) is 0 Å². The van der Waals surface area contributed by atoms with E-state index in [9.17, 15) is 19.7 Å². The topological polar surface area (TPSA) is 114 Å². The van der Waals surface area contributed by atoms with Crippen LogP contribution in [0.1, 0.15) is 6.23 Å². The molecule has 1 fully saturated rings. The zero-order valence-electron chi connectivity index (χ0n) is 12.9. The Morgan fingerprint density at radius 2 is 2.00 bits per heavy atom. The average Bonchev–Trinajstić information content (AvgIpc) is 3.16. The second-order valence-corrected chi connectivity index (χ2v) is 5.79. The molecule has 3 N–H and O–H groups in total. The van der Waals surface area contributed by atoms with E-state index in [4.69, 9.17) is 4.74 Å². The first-order valence-electron chi connectivity index (χ1n) is 7.66. The lowest BCUT2D eigenvalue weighted by molar-refractivity contribution is -0.0511. The molecule has 0 saturated carbocycles. The summed E-state index contributed by atoms with van der Waals surface area (Å²) in [4.78, 5) is 12.6. The first-order valence-corrected chi connectivity index (χ1v) is 7.66. The number of nitrogens with zero attached hydrogens (tertiary/aromatic N) is 4. The first kappa shape index (κ1) is 16.0. The Labute approximate surface area is 141 Å². The van der Waals surface area contributed by atoms with E-state index in [2.05, 4.69) is 15.0 Å². The lowest BCUT2D eigenvalue weighted by atomic mass is 10.1. The number of hydrogen-bond acceptors (Lipinski definition) is 7. The van der Waals surface area contributed by atoms with Crippen molar-refractivity contribution in [2.75, 3.05) is 6.61 Å². The van der Waals surface area contributed by atoms with Crippen LogP contribution < -0.4 is 0 Å². The third kappa shape index (κ3) is 2.57. The molecule has 3 aromatic rings. The summed E-state index contributed by atoms with van der Waals surface area (Å²) in [5.74, 6) is -0.396. The molecule has 1 saturated heterocycles. The molecular weight excluding hydrogens is 331 g/mol. The third-order valence-electron chi connectivity index (χ3n) is 4.25. The molecule has 3 heterocycles. The highest BCUT2D eigenvalue weighted by molar-refractivity contribution is 5.87. The Morgan fingerprint density at radius 1 is 1.16 bits per heavy atom. The van der Waals surface area contributed by atoms with Crippen molar-refractivity contribution in [1.29, 1.82) is 0 Å².